The number of carbonyl (C=O) groups is 1. The fourth-order valence-electron chi connectivity index (χ4n) is 2.64. The molecule has 8 heteroatoms. The zero-order chi connectivity index (χ0) is 17.1. The quantitative estimate of drug-likeness (QED) is 0.841. The number of benzene rings is 1. The molecular formula is C16H19F2N3O2S. The first-order chi connectivity index (χ1) is 11.5. The van der Waals surface area contributed by atoms with Crippen LogP contribution in [0.1, 0.15) is 12.8 Å². The molecule has 1 aliphatic heterocycles. The Morgan fingerprint density at radius 1 is 1.12 bits per heavy atom. The first-order valence-corrected chi connectivity index (χ1v) is 8.33. The maximum atomic E-state index is 12.1. The fraction of sp³-hybridized carbons (Fsp3) is 0.500. The number of hydrogen-bond acceptors (Lipinski definition) is 3. The zero-order valence-corrected chi connectivity index (χ0v) is 13.9. The van der Waals surface area contributed by atoms with Crippen LogP contribution in [-0.2, 0) is 4.79 Å². The van der Waals surface area contributed by atoms with E-state index in [-0.39, 0.29) is 17.6 Å². The van der Waals surface area contributed by atoms with Crippen LogP contribution in [0, 0.1) is 5.92 Å². The van der Waals surface area contributed by atoms with Crippen molar-refractivity contribution in [3.05, 3.63) is 24.3 Å². The van der Waals surface area contributed by atoms with Gasteiger partial charge in [-0.05, 0) is 49.3 Å². The third-order valence-corrected chi connectivity index (χ3v) is 4.50. The first-order valence-electron chi connectivity index (χ1n) is 7.92. The van der Waals surface area contributed by atoms with Crippen LogP contribution in [0.4, 0.5) is 14.5 Å². The molecule has 0 atom stereocenters. The van der Waals surface area contributed by atoms with Gasteiger partial charge < -0.3 is 19.9 Å². The van der Waals surface area contributed by atoms with Gasteiger partial charge in [-0.15, -0.1) is 0 Å². The molecule has 130 valence electrons. The molecule has 1 N–H and O–H groups in total. The summed E-state index contributed by atoms with van der Waals surface area (Å²) in [7, 11) is 0. The number of amides is 1. The molecule has 0 radical (unpaired) electrons. The number of nitrogens with zero attached hydrogens (tertiary/aromatic N) is 2. The average Bonchev–Trinajstić information content (AvgIpc) is 3.40. The predicted molar refractivity (Wildman–Crippen MR) is 90.2 cm³/mol. The maximum Gasteiger partial charge on any atom is 0.387 e. The Labute approximate surface area is 144 Å². The summed E-state index contributed by atoms with van der Waals surface area (Å²) in [5.74, 6) is 0.618. The van der Waals surface area contributed by atoms with Gasteiger partial charge in [-0.1, -0.05) is 0 Å². The monoisotopic (exact) mass is 355 g/mol. The van der Waals surface area contributed by atoms with Crippen LogP contribution in [0.15, 0.2) is 24.3 Å². The Morgan fingerprint density at radius 2 is 1.71 bits per heavy atom. The summed E-state index contributed by atoms with van der Waals surface area (Å²) < 4.78 is 28.6. The molecule has 3 rings (SSSR count). The maximum absolute atomic E-state index is 12.1. The average molecular weight is 355 g/mol. The molecule has 2 fully saturated rings. The number of piperazine rings is 1. The van der Waals surface area contributed by atoms with Crippen LogP contribution in [0.25, 0.3) is 0 Å². The summed E-state index contributed by atoms with van der Waals surface area (Å²) >= 11 is 5.39. The zero-order valence-electron chi connectivity index (χ0n) is 13.1. The smallest absolute Gasteiger partial charge is 0.387 e. The van der Waals surface area contributed by atoms with Gasteiger partial charge >= 0.3 is 6.61 Å². The minimum absolute atomic E-state index is 0.105. The molecule has 0 unspecified atom stereocenters. The molecule has 1 amide bonds. The Hall–Kier alpha value is -1.96. The van der Waals surface area contributed by atoms with Crippen molar-refractivity contribution < 1.29 is 18.3 Å². The van der Waals surface area contributed by atoms with E-state index in [1.807, 2.05) is 9.80 Å². The molecular weight excluding hydrogens is 336 g/mol. The van der Waals surface area contributed by atoms with Crippen LogP contribution >= 0.6 is 12.2 Å². The van der Waals surface area contributed by atoms with Gasteiger partial charge in [0.05, 0.1) is 0 Å². The molecule has 0 aromatic heterocycles. The normalized spacial score (nSPS) is 17.8. The van der Waals surface area contributed by atoms with Crippen molar-refractivity contribution in [3.63, 3.8) is 0 Å². The van der Waals surface area contributed by atoms with Gasteiger partial charge in [-0.25, -0.2) is 0 Å². The van der Waals surface area contributed by atoms with Crippen molar-refractivity contribution in [3.8, 4) is 5.75 Å². The summed E-state index contributed by atoms with van der Waals surface area (Å²) in [6.45, 7) is -0.0933. The van der Waals surface area contributed by atoms with E-state index in [9.17, 15) is 13.6 Å². The van der Waals surface area contributed by atoms with Gasteiger partial charge in [-0.2, -0.15) is 8.78 Å². The molecule has 1 aliphatic carbocycles. The number of thiocarbonyl (C=S) groups is 1. The van der Waals surface area contributed by atoms with E-state index in [0.29, 0.717) is 37.0 Å². The van der Waals surface area contributed by atoms with Gasteiger partial charge in [0.15, 0.2) is 5.11 Å². The van der Waals surface area contributed by atoms with Gasteiger partial charge in [0.2, 0.25) is 5.91 Å². The van der Waals surface area contributed by atoms with Crippen molar-refractivity contribution in [2.24, 2.45) is 5.92 Å². The number of hydrogen-bond donors (Lipinski definition) is 1. The lowest BCUT2D eigenvalue weighted by Crippen LogP contribution is -2.52. The molecule has 1 saturated heterocycles. The van der Waals surface area contributed by atoms with Gasteiger partial charge in [-0.3, -0.25) is 4.79 Å². The number of alkyl halides is 2. The second-order valence-corrected chi connectivity index (χ2v) is 6.31. The number of nitrogens with one attached hydrogen (secondary N) is 1. The van der Waals surface area contributed by atoms with Crippen molar-refractivity contribution >= 4 is 28.9 Å². The SMILES string of the molecule is O=C(C1CC1)N1CCN(C(=S)Nc2ccc(OC(F)F)cc2)CC1. The lowest BCUT2D eigenvalue weighted by molar-refractivity contribution is -0.133. The summed E-state index contributed by atoms with van der Waals surface area (Å²) in [6, 6.07) is 6.19. The van der Waals surface area contributed by atoms with E-state index in [1.165, 1.54) is 12.1 Å². The number of anilines is 1. The van der Waals surface area contributed by atoms with Crippen molar-refractivity contribution in [1.29, 1.82) is 0 Å². The molecule has 2 aliphatic rings. The predicted octanol–water partition coefficient (Wildman–Crippen LogP) is 2.54. The molecule has 1 heterocycles. The molecule has 1 aromatic rings. The molecule has 1 saturated carbocycles. The van der Waals surface area contributed by atoms with Crippen LogP contribution in [0.5, 0.6) is 5.75 Å². The highest BCUT2D eigenvalue weighted by atomic mass is 32.1. The topological polar surface area (TPSA) is 44.8 Å². The Kier molecular flexibility index (Phi) is 5.13. The summed E-state index contributed by atoms with van der Waals surface area (Å²) in [5, 5.41) is 3.65. The summed E-state index contributed by atoms with van der Waals surface area (Å²) in [5.41, 5.74) is 0.707. The van der Waals surface area contributed by atoms with Crippen LogP contribution in [0.2, 0.25) is 0 Å². The second-order valence-electron chi connectivity index (χ2n) is 5.92. The minimum Gasteiger partial charge on any atom is -0.435 e. The number of ether oxygens (including phenoxy) is 1. The van der Waals surface area contributed by atoms with E-state index in [1.54, 1.807) is 12.1 Å². The second kappa shape index (κ2) is 7.29. The Morgan fingerprint density at radius 3 is 2.25 bits per heavy atom. The van der Waals surface area contributed by atoms with E-state index < -0.39 is 6.61 Å². The molecule has 1 aromatic carbocycles. The molecule has 5 nitrogen and oxygen atoms in total. The van der Waals surface area contributed by atoms with E-state index in [4.69, 9.17) is 12.2 Å². The van der Waals surface area contributed by atoms with Crippen LogP contribution in [0.3, 0.4) is 0 Å². The largest absolute Gasteiger partial charge is 0.435 e. The van der Waals surface area contributed by atoms with Crippen LogP contribution < -0.4 is 10.1 Å². The van der Waals surface area contributed by atoms with Crippen molar-refractivity contribution in [2.75, 3.05) is 31.5 Å². The van der Waals surface area contributed by atoms with Crippen molar-refractivity contribution in [1.82, 2.24) is 9.80 Å². The minimum atomic E-state index is -2.83. The van der Waals surface area contributed by atoms with Crippen LogP contribution in [-0.4, -0.2) is 53.6 Å². The van der Waals surface area contributed by atoms with E-state index >= 15 is 0 Å². The fourth-order valence-corrected chi connectivity index (χ4v) is 2.94. The van der Waals surface area contributed by atoms with Gasteiger partial charge in [0.25, 0.3) is 0 Å². The number of halogens is 2. The lowest BCUT2D eigenvalue weighted by atomic mass is 10.2. The lowest BCUT2D eigenvalue weighted by Gasteiger charge is -2.36. The molecule has 0 spiro atoms. The third kappa shape index (κ3) is 4.31. The Bertz CT molecular complexity index is 600. The number of carbonyl (C=O) groups excluding carboxylic acids is 1. The third-order valence-electron chi connectivity index (χ3n) is 4.14. The van der Waals surface area contributed by atoms with Gasteiger partial charge in [0.1, 0.15) is 5.75 Å². The highest BCUT2D eigenvalue weighted by Gasteiger charge is 2.34. The Balaban J connectivity index is 1.47. The first kappa shape index (κ1) is 16.9. The van der Waals surface area contributed by atoms with E-state index in [2.05, 4.69) is 10.1 Å². The van der Waals surface area contributed by atoms with Gasteiger partial charge in [0, 0.05) is 37.8 Å². The summed E-state index contributed by atoms with van der Waals surface area (Å²) in [4.78, 5) is 15.9. The molecule has 0 bridgehead atoms. The molecule has 24 heavy (non-hydrogen) atoms. The standard InChI is InChI=1S/C16H19F2N3O2S/c17-15(18)23-13-5-3-12(4-6-13)19-16(24)21-9-7-20(8-10-21)14(22)11-1-2-11/h3-6,11,15H,1-2,7-10H2,(H,19,24). The van der Waals surface area contributed by atoms with Crippen molar-refractivity contribution in [2.45, 2.75) is 19.5 Å². The van der Waals surface area contributed by atoms with E-state index in [0.717, 1.165) is 12.8 Å². The highest BCUT2D eigenvalue weighted by Crippen LogP contribution is 2.31. The number of rotatable bonds is 4. The highest BCUT2D eigenvalue weighted by molar-refractivity contribution is 7.80. The summed E-state index contributed by atoms with van der Waals surface area (Å²) in [6.07, 6.45) is 2.04.